The number of alkyl halides is 1. The maximum absolute atomic E-state index is 6.28. The Morgan fingerprint density at radius 2 is 2.10 bits per heavy atom. The van der Waals surface area contributed by atoms with Gasteiger partial charge >= 0.3 is 0 Å². The number of piperidine rings is 1. The third kappa shape index (κ3) is 5.98. The molecule has 1 N–H and O–H groups in total. The van der Waals surface area contributed by atoms with Crippen LogP contribution in [0.15, 0.2) is 30.3 Å². The second-order valence-electron chi connectivity index (χ2n) is 6.04. The quantitative estimate of drug-likeness (QED) is 0.426. The van der Waals surface area contributed by atoms with Crippen LogP contribution in [0.4, 0.5) is 0 Å². The molecule has 0 saturated carbocycles. The van der Waals surface area contributed by atoms with Gasteiger partial charge in [-0.25, -0.2) is 0 Å². The summed E-state index contributed by atoms with van der Waals surface area (Å²) < 4.78 is 6.28. The number of unbranched alkanes of at least 4 members (excludes halogenated alkanes) is 2. The molecule has 3 unspecified atom stereocenters. The predicted octanol–water partition coefficient (Wildman–Crippen LogP) is 4.72. The summed E-state index contributed by atoms with van der Waals surface area (Å²) in [5.41, 5.74) is 1.37. The van der Waals surface area contributed by atoms with Crippen LogP contribution >= 0.6 is 11.6 Å². The first-order chi connectivity index (χ1) is 10.3. The molecule has 0 bridgehead atoms. The van der Waals surface area contributed by atoms with E-state index < -0.39 is 0 Å². The van der Waals surface area contributed by atoms with Gasteiger partial charge in [0.25, 0.3) is 0 Å². The van der Waals surface area contributed by atoms with Crippen molar-refractivity contribution in [1.29, 1.82) is 0 Å². The molecule has 1 aliphatic rings. The van der Waals surface area contributed by atoms with Crippen molar-refractivity contribution < 1.29 is 4.74 Å². The van der Waals surface area contributed by atoms with Crippen LogP contribution in [0.5, 0.6) is 0 Å². The van der Waals surface area contributed by atoms with Crippen LogP contribution in [0.2, 0.25) is 0 Å². The van der Waals surface area contributed by atoms with E-state index >= 15 is 0 Å². The highest BCUT2D eigenvalue weighted by molar-refractivity contribution is 6.20. The molecule has 1 aliphatic heterocycles. The first-order valence-electron chi connectivity index (χ1n) is 8.32. The van der Waals surface area contributed by atoms with E-state index in [2.05, 4.69) is 36.5 Å². The molecule has 1 aromatic carbocycles. The summed E-state index contributed by atoms with van der Waals surface area (Å²) in [5, 5.41) is 3.32. The third-order valence-corrected chi connectivity index (χ3v) is 4.65. The van der Waals surface area contributed by atoms with Crippen molar-refractivity contribution in [3.05, 3.63) is 35.9 Å². The lowest BCUT2D eigenvalue weighted by Gasteiger charge is -2.33. The molecule has 3 atom stereocenters. The highest BCUT2D eigenvalue weighted by Gasteiger charge is 2.27. The number of hydrogen-bond donors (Lipinski definition) is 1. The second kappa shape index (κ2) is 9.45. The molecule has 1 fully saturated rings. The molecule has 0 aliphatic carbocycles. The zero-order chi connectivity index (χ0) is 14.9. The minimum absolute atomic E-state index is 0.109. The molecule has 0 radical (unpaired) electrons. The van der Waals surface area contributed by atoms with Crippen LogP contribution in [0.25, 0.3) is 0 Å². The average Bonchev–Trinajstić information content (AvgIpc) is 2.52. The number of ether oxygens (including phenoxy) is 1. The number of benzene rings is 1. The molecule has 3 heteroatoms. The van der Waals surface area contributed by atoms with Gasteiger partial charge in [-0.1, -0.05) is 56.5 Å². The van der Waals surface area contributed by atoms with Crippen LogP contribution in [0, 0.1) is 5.92 Å². The van der Waals surface area contributed by atoms with Crippen molar-refractivity contribution >= 4 is 11.6 Å². The monoisotopic (exact) mass is 309 g/mol. The molecule has 1 heterocycles. The SMILES string of the molecule is CCCCCC(OCc1ccccc1)C1CCNC(Cl)C1. The maximum Gasteiger partial charge on any atom is 0.0829 e. The molecule has 2 nitrogen and oxygen atoms in total. The van der Waals surface area contributed by atoms with Gasteiger partial charge in [-0.2, -0.15) is 0 Å². The molecular weight excluding hydrogens is 282 g/mol. The smallest absolute Gasteiger partial charge is 0.0829 e. The maximum atomic E-state index is 6.28. The zero-order valence-corrected chi connectivity index (χ0v) is 13.8. The minimum Gasteiger partial charge on any atom is -0.373 e. The highest BCUT2D eigenvalue weighted by atomic mass is 35.5. The van der Waals surface area contributed by atoms with E-state index in [9.17, 15) is 0 Å². The Morgan fingerprint density at radius 1 is 1.29 bits per heavy atom. The van der Waals surface area contributed by atoms with Crippen LogP contribution < -0.4 is 5.32 Å². The number of halogens is 1. The summed E-state index contributed by atoms with van der Waals surface area (Å²) in [5.74, 6) is 0.592. The van der Waals surface area contributed by atoms with Gasteiger partial charge < -0.3 is 10.1 Å². The lowest BCUT2D eigenvalue weighted by Crippen LogP contribution is -2.39. The first-order valence-corrected chi connectivity index (χ1v) is 8.76. The third-order valence-electron chi connectivity index (χ3n) is 4.32. The Hall–Kier alpha value is -0.570. The van der Waals surface area contributed by atoms with Crippen molar-refractivity contribution in [3.8, 4) is 0 Å². The van der Waals surface area contributed by atoms with Crippen LogP contribution in [-0.4, -0.2) is 18.1 Å². The second-order valence-corrected chi connectivity index (χ2v) is 6.56. The summed E-state index contributed by atoms with van der Waals surface area (Å²) in [7, 11) is 0. The fourth-order valence-electron chi connectivity index (χ4n) is 3.06. The van der Waals surface area contributed by atoms with E-state index in [1.807, 2.05) is 6.07 Å². The predicted molar refractivity (Wildman–Crippen MR) is 89.5 cm³/mol. The molecule has 21 heavy (non-hydrogen) atoms. The van der Waals surface area contributed by atoms with Crippen molar-refractivity contribution in [2.75, 3.05) is 6.54 Å². The number of nitrogens with one attached hydrogen (secondary N) is 1. The molecule has 1 saturated heterocycles. The van der Waals surface area contributed by atoms with Gasteiger partial charge in [-0.3, -0.25) is 0 Å². The fourth-order valence-corrected chi connectivity index (χ4v) is 3.40. The fraction of sp³-hybridized carbons (Fsp3) is 0.667. The topological polar surface area (TPSA) is 21.3 Å². The summed E-state index contributed by atoms with van der Waals surface area (Å²) in [4.78, 5) is 0. The molecule has 2 rings (SSSR count). The summed E-state index contributed by atoms with van der Waals surface area (Å²) >= 11 is 6.27. The highest BCUT2D eigenvalue weighted by Crippen LogP contribution is 2.27. The Bertz CT molecular complexity index is 384. The van der Waals surface area contributed by atoms with Crippen molar-refractivity contribution in [2.45, 2.75) is 63.7 Å². The Morgan fingerprint density at radius 3 is 2.81 bits per heavy atom. The van der Waals surface area contributed by atoms with Gasteiger partial charge in [0.2, 0.25) is 0 Å². The molecule has 1 aromatic rings. The van der Waals surface area contributed by atoms with Crippen molar-refractivity contribution in [3.63, 3.8) is 0 Å². The minimum atomic E-state index is 0.109. The van der Waals surface area contributed by atoms with Crippen LogP contribution in [0.3, 0.4) is 0 Å². The lowest BCUT2D eigenvalue weighted by molar-refractivity contribution is -0.0161. The van der Waals surface area contributed by atoms with Gasteiger partial charge in [-0.15, -0.1) is 11.6 Å². The molecule has 0 aromatic heterocycles. The van der Waals surface area contributed by atoms with E-state index in [4.69, 9.17) is 16.3 Å². The van der Waals surface area contributed by atoms with E-state index in [-0.39, 0.29) is 5.50 Å². The largest absolute Gasteiger partial charge is 0.373 e. The number of rotatable bonds is 8. The van der Waals surface area contributed by atoms with Gasteiger partial charge in [0, 0.05) is 0 Å². The van der Waals surface area contributed by atoms with Gasteiger partial charge in [0.1, 0.15) is 0 Å². The molecule has 118 valence electrons. The molecular formula is C18H28ClNO. The van der Waals surface area contributed by atoms with Crippen LogP contribution in [0.1, 0.15) is 51.0 Å². The standard InChI is InChI=1S/C18H28ClNO/c1-2-3-5-10-17(16-11-12-20-18(19)13-16)21-14-15-8-6-4-7-9-15/h4,6-9,16-18,20H,2-3,5,10-14H2,1H3. The Labute approximate surface area is 134 Å². The van der Waals surface area contributed by atoms with E-state index in [1.165, 1.54) is 31.2 Å². The average molecular weight is 310 g/mol. The lowest BCUT2D eigenvalue weighted by atomic mass is 9.89. The van der Waals surface area contributed by atoms with Crippen molar-refractivity contribution in [2.24, 2.45) is 5.92 Å². The van der Waals surface area contributed by atoms with Gasteiger partial charge in [0.05, 0.1) is 18.2 Å². The summed E-state index contributed by atoms with van der Waals surface area (Å²) in [6, 6.07) is 10.5. The molecule has 0 amide bonds. The normalized spacial score (nSPS) is 23.9. The van der Waals surface area contributed by atoms with Crippen LogP contribution in [-0.2, 0) is 11.3 Å². The van der Waals surface area contributed by atoms with Crippen molar-refractivity contribution in [1.82, 2.24) is 5.32 Å². The summed E-state index contributed by atoms with van der Waals surface area (Å²) in [6.45, 7) is 3.98. The zero-order valence-electron chi connectivity index (χ0n) is 13.1. The first kappa shape index (κ1) is 16.8. The summed E-state index contributed by atoms with van der Waals surface area (Å²) in [6.07, 6.45) is 7.51. The van der Waals surface area contributed by atoms with Gasteiger partial charge in [0.15, 0.2) is 0 Å². The van der Waals surface area contributed by atoms with Gasteiger partial charge in [-0.05, 0) is 37.3 Å². The number of hydrogen-bond acceptors (Lipinski definition) is 2. The Balaban J connectivity index is 1.88. The van der Waals surface area contributed by atoms with E-state index in [1.54, 1.807) is 0 Å². The van der Waals surface area contributed by atoms with E-state index in [0.29, 0.717) is 18.6 Å². The Kier molecular flexibility index (Phi) is 7.56. The van der Waals surface area contributed by atoms with E-state index in [0.717, 1.165) is 19.4 Å². The molecule has 0 spiro atoms.